The summed E-state index contributed by atoms with van der Waals surface area (Å²) in [6, 6.07) is 9.95. The number of halogens is 3. The molecule has 0 spiro atoms. The minimum atomic E-state index is -0.547. The zero-order chi connectivity index (χ0) is 22.1. The SMILES string of the molecule is Cc1nn(Cc2ccc(F)cc2)c(Cl)c1C(=O)Nc1ccc(F)c(-n2nnnc2C)c1. The van der Waals surface area contributed by atoms with Crippen LogP contribution in [0.2, 0.25) is 5.15 Å². The van der Waals surface area contributed by atoms with E-state index in [1.54, 1.807) is 26.0 Å². The van der Waals surface area contributed by atoms with Crippen LogP contribution >= 0.6 is 11.6 Å². The van der Waals surface area contributed by atoms with Crippen LogP contribution in [-0.2, 0) is 6.54 Å². The van der Waals surface area contributed by atoms with Crippen molar-refractivity contribution < 1.29 is 13.6 Å². The first-order valence-corrected chi connectivity index (χ1v) is 9.55. The van der Waals surface area contributed by atoms with E-state index in [1.807, 2.05) is 0 Å². The van der Waals surface area contributed by atoms with E-state index in [0.717, 1.165) is 5.56 Å². The van der Waals surface area contributed by atoms with Gasteiger partial charge in [0.25, 0.3) is 5.91 Å². The van der Waals surface area contributed by atoms with Gasteiger partial charge in [-0.2, -0.15) is 9.78 Å². The summed E-state index contributed by atoms with van der Waals surface area (Å²) < 4.78 is 30.0. The van der Waals surface area contributed by atoms with Crippen LogP contribution in [0.15, 0.2) is 42.5 Å². The average Bonchev–Trinajstić information content (AvgIpc) is 3.27. The van der Waals surface area contributed by atoms with Gasteiger partial charge in [-0.3, -0.25) is 4.79 Å². The van der Waals surface area contributed by atoms with Gasteiger partial charge in [0.05, 0.1) is 17.8 Å². The predicted molar refractivity (Wildman–Crippen MR) is 109 cm³/mol. The van der Waals surface area contributed by atoms with Crippen molar-refractivity contribution in [3.8, 4) is 5.69 Å². The number of carbonyl (C=O) groups is 1. The van der Waals surface area contributed by atoms with Gasteiger partial charge in [-0.05, 0) is 60.2 Å². The van der Waals surface area contributed by atoms with E-state index in [1.165, 1.54) is 39.7 Å². The minimum Gasteiger partial charge on any atom is -0.322 e. The van der Waals surface area contributed by atoms with E-state index in [9.17, 15) is 13.6 Å². The summed E-state index contributed by atoms with van der Waals surface area (Å²) in [6.45, 7) is 3.55. The van der Waals surface area contributed by atoms with Crippen LogP contribution in [0.3, 0.4) is 0 Å². The normalized spacial score (nSPS) is 11.0. The molecule has 11 heteroatoms. The van der Waals surface area contributed by atoms with Gasteiger partial charge in [0.15, 0.2) is 5.82 Å². The highest BCUT2D eigenvalue weighted by molar-refractivity contribution is 6.33. The summed E-state index contributed by atoms with van der Waals surface area (Å²) in [6.07, 6.45) is 0. The third-order valence-corrected chi connectivity index (χ3v) is 4.98. The third kappa shape index (κ3) is 4.15. The predicted octanol–water partition coefficient (Wildman–Crippen LogP) is 3.71. The first kappa shape index (κ1) is 20.6. The maximum absolute atomic E-state index is 14.2. The van der Waals surface area contributed by atoms with Gasteiger partial charge in [-0.25, -0.2) is 13.5 Å². The van der Waals surface area contributed by atoms with Gasteiger partial charge >= 0.3 is 0 Å². The molecule has 0 bridgehead atoms. The van der Waals surface area contributed by atoms with Crippen LogP contribution < -0.4 is 5.32 Å². The number of rotatable bonds is 5. The third-order valence-electron chi connectivity index (χ3n) is 4.60. The van der Waals surface area contributed by atoms with Crippen LogP contribution in [0.25, 0.3) is 5.69 Å². The molecule has 2 aromatic heterocycles. The molecule has 0 atom stereocenters. The number of carbonyl (C=O) groups excluding carboxylic acids is 1. The summed E-state index contributed by atoms with van der Waals surface area (Å²) in [4.78, 5) is 12.9. The van der Waals surface area contributed by atoms with E-state index >= 15 is 0 Å². The van der Waals surface area contributed by atoms with Crippen molar-refractivity contribution >= 4 is 23.2 Å². The van der Waals surface area contributed by atoms with E-state index in [-0.39, 0.29) is 28.8 Å². The Kier molecular flexibility index (Phi) is 5.47. The highest BCUT2D eigenvalue weighted by Gasteiger charge is 2.21. The van der Waals surface area contributed by atoms with Crippen LogP contribution in [0.1, 0.15) is 27.4 Å². The highest BCUT2D eigenvalue weighted by Crippen LogP contribution is 2.24. The molecule has 1 amide bonds. The molecule has 2 heterocycles. The molecule has 0 aliphatic heterocycles. The number of nitrogens with one attached hydrogen (secondary N) is 1. The van der Waals surface area contributed by atoms with Gasteiger partial charge in [0, 0.05) is 5.69 Å². The molecule has 0 saturated carbocycles. The number of amides is 1. The van der Waals surface area contributed by atoms with E-state index in [4.69, 9.17) is 11.6 Å². The molecule has 0 aliphatic rings. The van der Waals surface area contributed by atoms with Crippen molar-refractivity contribution in [3.63, 3.8) is 0 Å². The summed E-state index contributed by atoms with van der Waals surface area (Å²) in [5.41, 5.74) is 1.81. The van der Waals surface area contributed by atoms with Gasteiger partial charge < -0.3 is 5.32 Å². The monoisotopic (exact) mass is 443 g/mol. The number of hydrogen-bond donors (Lipinski definition) is 1. The molecule has 0 unspecified atom stereocenters. The van der Waals surface area contributed by atoms with Crippen LogP contribution in [-0.4, -0.2) is 35.9 Å². The average molecular weight is 444 g/mol. The Balaban J connectivity index is 1.59. The summed E-state index contributed by atoms with van der Waals surface area (Å²) >= 11 is 6.41. The lowest BCUT2D eigenvalue weighted by Crippen LogP contribution is -2.14. The molecule has 158 valence electrons. The Morgan fingerprint density at radius 2 is 1.87 bits per heavy atom. The zero-order valence-electron chi connectivity index (χ0n) is 16.5. The van der Waals surface area contributed by atoms with Crippen molar-refractivity contribution in [2.24, 2.45) is 0 Å². The summed E-state index contributed by atoms with van der Waals surface area (Å²) in [7, 11) is 0. The Labute approximate surface area is 180 Å². The van der Waals surface area contributed by atoms with Gasteiger partial charge in [-0.1, -0.05) is 23.7 Å². The first-order valence-electron chi connectivity index (χ1n) is 9.17. The molecular weight excluding hydrogens is 428 g/mol. The zero-order valence-corrected chi connectivity index (χ0v) is 17.2. The number of tetrazole rings is 1. The van der Waals surface area contributed by atoms with Crippen LogP contribution in [0.4, 0.5) is 14.5 Å². The fourth-order valence-electron chi connectivity index (χ4n) is 3.08. The molecular formula is C20H16ClF2N7O. The second-order valence-corrected chi connectivity index (χ2v) is 7.15. The smallest absolute Gasteiger partial charge is 0.260 e. The first-order chi connectivity index (χ1) is 14.8. The quantitative estimate of drug-likeness (QED) is 0.508. The number of benzene rings is 2. The lowest BCUT2D eigenvalue weighted by Gasteiger charge is -2.09. The van der Waals surface area contributed by atoms with Crippen molar-refractivity contribution in [1.29, 1.82) is 0 Å². The highest BCUT2D eigenvalue weighted by atomic mass is 35.5. The molecule has 1 N–H and O–H groups in total. The van der Waals surface area contributed by atoms with E-state index in [0.29, 0.717) is 17.2 Å². The fraction of sp³-hybridized carbons (Fsp3) is 0.150. The van der Waals surface area contributed by atoms with Gasteiger partial charge in [0.1, 0.15) is 22.5 Å². The Morgan fingerprint density at radius 1 is 1.13 bits per heavy atom. The topological polar surface area (TPSA) is 90.5 Å². The van der Waals surface area contributed by atoms with Crippen molar-refractivity contribution in [3.05, 3.63) is 81.9 Å². The lowest BCUT2D eigenvalue weighted by atomic mass is 10.2. The Hall–Kier alpha value is -3.66. The van der Waals surface area contributed by atoms with Crippen molar-refractivity contribution in [1.82, 2.24) is 30.0 Å². The molecule has 0 radical (unpaired) electrons. The molecule has 4 aromatic rings. The van der Waals surface area contributed by atoms with Crippen molar-refractivity contribution in [2.45, 2.75) is 20.4 Å². The van der Waals surface area contributed by atoms with Gasteiger partial charge in [-0.15, -0.1) is 5.10 Å². The van der Waals surface area contributed by atoms with Crippen molar-refractivity contribution in [2.75, 3.05) is 5.32 Å². The number of anilines is 1. The van der Waals surface area contributed by atoms with Gasteiger partial charge in [0.2, 0.25) is 0 Å². The van der Waals surface area contributed by atoms with Crippen LogP contribution in [0, 0.1) is 25.5 Å². The van der Waals surface area contributed by atoms with E-state index < -0.39 is 11.7 Å². The number of aryl methyl sites for hydroxylation is 2. The Bertz CT molecular complexity index is 1270. The van der Waals surface area contributed by atoms with E-state index in [2.05, 4.69) is 25.9 Å². The van der Waals surface area contributed by atoms with Crippen LogP contribution in [0.5, 0.6) is 0 Å². The molecule has 4 rings (SSSR count). The second kappa shape index (κ2) is 8.23. The molecule has 0 fully saturated rings. The Morgan fingerprint density at radius 3 is 2.55 bits per heavy atom. The standard InChI is InChI=1S/C20H16ClF2N7O/c1-11-18(19(21)29(26-11)10-13-3-5-14(22)6-4-13)20(31)24-15-7-8-16(23)17(9-15)30-12(2)25-27-28-30/h3-9H,10H2,1-2H3,(H,24,31). The molecule has 2 aromatic carbocycles. The second-order valence-electron chi connectivity index (χ2n) is 6.79. The summed E-state index contributed by atoms with van der Waals surface area (Å²) in [5, 5.41) is 18.1. The maximum Gasteiger partial charge on any atom is 0.260 e. The maximum atomic E-state index is 14.2. The largest absolute Gasteiger partial charge is 0.322 e. The summed E-state index contributed by atoms with van der Waals surface area (Å²) in [5.74, 6) is -1.00. The fourth-order valence-corrected chi connectivity index (χ4v) is 3.40. The number of aromatic nitrogens is 6. The number of nitrogens with zero attached hydrogens (tertiary/aromatic N) is 6. The number of hydrogen-bond acceptors (Lipinski definition) is 5. The lowest BCUT2D eigenvalue weighted by molar-refractivity contribution is 0.102. The molecule has 31 heavy (non-hydrogen) atoms. The molecule has 8 nitrogen and oxygen atoms in total. The minimum absolute atomic E-state index is 0.0927. The molecule has 0 aliphatic carbocycles. The molecule has 0 saturated heterocycles.